The Hall–Kier alpha value is -12.9. The second-order valence-corrected chi connectivity index (χ2v) is 28.2. The van der Waals surface area contributed by atoms with Crippen LogP contribution < -0.4 is 33.2 Å². The highest BCUT2D eigenvalue weighted by Crippen LogP contribution is 2.41. The number of hydrogen-bond donors (Lipinski definition) is 6. The van der Waals surface area contributed by atoms with Gasteiger partial charge in [0.2, 0.25) is 0 Å². The first-order valence-electron chi connectivity index (χ1n) is 36.7. The third-order valence-electron chi connectivity index (χ3n) is 20.0. The van der Waals surface area contributed by atoms with Gasteiger partial charge in [-0.05, 0) is 180 Å². The third-order valence-corrected chi connectivity index (χ3v) is 20.0. The molecule has 0 unspecified atom stereocenters. The molecule has 15 rings (SSSR count). The molecule has 3 atom stereocenters. The van der Waals surface area contributed by atoms with E-state index >= 15 is 0 Å². The van der Waals surface area contributed by atoms with Gasteiger partial charge in [0, 0.05) is 107 Å². The van der Waals surface area contributed by atoms with Crippen molar-refractivity contribution in [3.8, 4) is 69.3 Å². The Labute approximate surface area is 682 Å². The van der Waals surface area contributed by atoms with E-state index in [9.17, 15) is 28.8 Å². The number of amides is 6. The molecule has 24 nitrogen and oxygen atoms in total. The fourth-order valence-corrected chi connectivity index (χ4v) is 14.5. The molecule has 27 heteroatoms. The number of aryl methyl sites for hydroxylation is 2. The number of rotatable bonds is 12. The summed E-state index contributed by atoms with van der Waals surface area (Å²) in [7, 11) is 0. The molecule has 0 bridgehead atoms. The van der Waals surface area contributed by atoms with Crippen molar-refractivity contribution in [1.82, 2.24) is 57.8 Å². The fraction of sp³-hybridized carbons (Fsp3) is 0.241. The molecule has 0 spiro atoms. The molecular weight excluding hydrogens is 1490 g/mol. The summed E-state index contributed by atoms with van der Waals surface area (Å²) in [6.07, 6.45) is 15.3. The molecule has 3 fully saturated rings. The average molecular weight is 1580 g/mol. The second-order valence-electron chi connectivity index (χ2n) is 28.2. The first kappa shape index (κ1) is 83.6. The molecular formula is C87H90N18O6S3. The first-order valence-corrected chi connectivity index (χ1v) is 36.7. The van der Waals surface area contributed by atoms with Crippen molar-refractivity contribution in [2.24, 2.45) is 0 Å². The Morgan fingerprint density at radius 1 is 0.430 bits per heavy atom. The zero-order chi connectivity index (χ0) is 78.2. The lowest BCUT2D eigenvalue weighted by atomic mass is 9.87. The second kappa shape index (κ2) is 36.5. The molecule has 6 aromatic heterocycles. The van der Waals surface area contributed by atoms with Gasteiger partial charge in [-0.25, -0.2) is 29.9 Å². The van der Waals surface area contributed by atoms with Crippen molar-refractivity contribution < 1.29 is 28.8 Å². The maximum atomic E-state index is 13.0. The van der Waals surface area contributed by atoms with E-state index in [1.54, 1.807) is 84.4 Å². The Balaban J connectivity index is 0.000000179. The van der Waals surface area contributed by atoms with E-state index < -0.39 is 0 Å². The van der Waals surface area contributed by atoms with Crippen LogP contribution in [0.15, 0.2) is 183 Å². The molecule has 3 saturated heterocycles. The monoisotopic (exact) mass is 1580 g/mol. The summed E-state index contributed by atoms with van der Waals surface area (Å²) < 4.78 is 5.75. The summed E-state index contributed by atoms with van der Waals surface area (Å²) in [5, 5.41) is 8.87. The van der Waals surface area contributed by atoms with Crippen molar-refractivity contribution in [1.29, 1.82) is 0 Å². The zero-order valence-electron chi connectivity index (χ0n) is 64.5. The molecule has 3 aliphatic rings. The number of hydrogen-bond acceptors (Lipinski definition) is 15. The number of imidazole rings is 3. The lowest BCUT2D eigenvalue weighted by molar-refractivity contribution is -0.126. The Bertz CT molecular complexity index is 5810. The highest BCUT2D eigenvalue weighted by atomic mass is 32.1. The summed E-state index contributed by atoms with van der Waals surface area (Å²) >= 11 is 0. The van der Waals surface area contributed by atoms with E-state index in [2.05, 4.69) is 87.2 Å². The van der Waals surface area contributed by atoms with Crippen LogP contribution in [0.3, 0.4) is 0 Å². The number of benzene rings is 6. The minimum atomic E-state index is -0.212. The van der Waals surface area contributed by atoms with Gasteiger partial charge < -0.3 is 47.9 Å². The third kappa shape index (κ3) is 17.7. The predicted octanol–water partition coefficient (Wildman–Crippen LogP) is 14.0. The van der Waals surface area contributed by atoms with Crippen molar-refractivity contribution in [3.63, 3.8) is 0 Å². The van der Waals surface area contributed by atoms with Gasteiger partial charge in [-0.1, -0.05) is 117 Å². The Kier molecular flexibility index (Phi) is 26.8. The number of nitrogens with two attached hydrogens (primary N) is 3. The summed E-state index contributed by atoms with van der Waals surface area (Å²) in [6.45, 7) is 17.2. The Morgan fingerprint density at radius 2 is 0.798 bits per heavy atom. The van der Waals surface area contributed by atoms with Crippen molar-refractivity contribution in [2.45, 2.75) is 117 Å². The van der Waals surface area contributed by atoms with Gasteiger partial charge in [-0.3, -0.25) is 42.0 Å². The van der Waals surface area contributed by atoms with Crippen LogP contribution in [0.4, 0.5) is 34.5 Å². The molecule has 6 aromatic carbocycles. The number of carbonyl (C=O) groups excluding carboxylic acids is 6. The molecule has 0 radical (unpaired) electrons. The Morgan fingerprint density at radius 3 is 1.19 bits per heavy atom. The number of para-hydroxylation sites is 1. The van der Waals surface area contributed by atoms with E-state index in [1.807, 2.05) is 161 Å². The van der Waals surface area contributed by atoms with Gasteiger partial charge in [-0.2, -0.15) is 40.5 Å². The van der Waals surface area contributed by atoms with E-state index in [0.29, 0.717) is 93.1 Å². The van der Waals surface area contributed by atoms with Crippen molar-refractivity contribution >= 4 is 127 Å². The molecule has 12 aromatic rings. The first-order chi connectivity index (χ1) is 53.6. The highest BCUT2D eigenvalue weighted by molar-refractivity contribution is 7.59. The number of fused-ring (bicyclic) bond motifs is 3. The molecule has 6 amide bonds. The number of likely N-dealkylation sites (tertiary alicyclic amines) is 3. The standard InChI is InChI=1S/C31H32N6O2.C29H28N6O2.C27H24N6O2.3H2S/c1-5-7-25(38)36-18-6-8-24(36)29-35-26(27-28(32)33-17-19-37(27)29)20-9-11-21(12-10-20)30(39)34-23-15-13-22(14-16-23)31(2,3)4;1-4-8-24(36)34-15-7-11-23(34)28-33-25(26-27(30)31-14-16-35(26)28)20-12-13-21(19(3)17-20)29(37)32-22-10-6-5-9-18(22)2;1-2-7-22(34)32-16-6-10-21(32)26-31-23(24-25(28)29-15-17-33(24)26)18-11-13-20(14-12-18)30-27(35)19-8-4-3-5-9-19;;;/h9-17,19,24H,6,8,18H2,1-4H3,(H2,32,33)(H,34,39);5-6,9-10,12-14,16-17,23H,7,11,15H2,1-3H3,(H2,30,31)(H,32,37);3-5,8-9,11-15,17,21H,6,10,16H2,1H3,(H2,28,29)(H,30,35);3*1H2/t24-;23-;21-;;;/m000.../s1. The van der Waals surface area contributed by atoms with Crippen LogP contribution in [0, 0.1) is 49.4 Å². The van der Waals surface area contributed by atoms with Gasteiger partial charge >= 0.3 is 0 Å². The number of aromatic nitrogens is 9. The molecule has 3 aliphatic heterocycles. The number of nitrogens with one attached hydrogen (secondary N) is 3. The van der Waals surface area contributed by atoms with Crippen molar-refractivity contribution in [2.75, 3.05) is 52.8 Å². The minimum Gasteiger partial charge on any atom is -0.382 e. The molecule has 582 valence electrons. The lowest BCUT2D eigenvalue weighted by Crippen LogP contribution is -2.30. The number of nitrogens with zero attached hydrogens (tertiary/aromatic N) is 12. The topological polar surface area (TPSA) is 317 Å². The largest absolute Gasteiger partial charge is 0.382 e. The normalized spacial score (nSPS) is 14.6. The number of carbonyl (C=O) groups is 6. The summed E-state index contributed by atoms with van der Waals surface area (Å²) in [5.74, 6) is 18.1. The summed E-state index contributed by atoms with van der Waals surface area (Å²) in [5.41, 5.74) is 32.3. The van der Waals surface area contributed by atoms with Gasteiger partial charge in [0.05, 0.1) is 18.1 Å². The smallest absolute Gasteiger partial charge is 0.299 e. The van der Waals surface area contributed by atoms with Crippen LogP contribution in [-0.2, 0) is 19.8 Å². The molecule has 0 aliphatic carbocycles. The van der Waals surface area contributed by atoms with Crippen molar-refractivity contribution in [3.05, 3.63) is 234 Å². The fourth-order valence-electron chi connectivity index (χ4n) is 14.5. The van der Waals surface area contributed by atoms with Crippen LogP contribution in [0.25, 0.3) is 50.3 Å². The van der Waals surface area contributed by atoms with E-state index in [4.69, 9.17) is 32.2 Å². The van der Waals surface area contributed by atoms with E-state index in [1.165, 1.54) is 5.56 Å². The highest BCUT2D eigenvalue weighted by Gasteiger charge is 2.37. The summed E-state index contributed by atoms with van der Waals surface area (Å²) in [6, 6.07) is 44.3. The van der Waals surface area contributed by atoms with Crippen LogP contribution in [0.5, 0.6) is 0 Å². The number of anilines is 6. The van der Waals surface area contributed by atoms with Crippen LogP contribution >= 0.6 is 40.5 Å². The van der Waals surface area contributed by atoms with Gasteiger partial charge in [-0.15, -0.1) is 0 Å². The van der Waals surface area contributed by atoms with Gasteiger partial charge in [0.1, 0.15) is 68.6 Å². The SMILES string of the molecule is CC#CC(=O)N1CCC[C@H]1c1nc(-c2ccc(C(=O)Nc3ccc(C(C)(C)C)cc3)cc2)c2c(N)nccn12.CC#CC(=O)N1CCC[C@H]1c1nc(-c2ccc(C(=O)Nc3ccccc3C)c(C)c2)c2c(N)nccn12.CC#CC(=O)N1CCC[C@H]1c1nc(-c2ccc(NC(=O)c3ccccc3)cc2)c2c(N)nccn12.S.S.S. The van der Waals surface area contributed by atoms with Gasteiger partial charge in [0.25, 0.3) is 35.4 Å². The number of nitrogen functional groups attached to an aromatic ring is 3. The minimum absolute atomic E-state index is 0. The lowest BCUT2D eigenvalue weighted by Gasteiger charge is -2.21. The zero-order valence-corrected chi connectivity index (χ0v) is 67.5. The quantitative estimate of drug-likeness (QED) is 0.0619. The summed E-state index contributed by atoms with van der Waals surface area (Å²) in [4.78, 5) is 109. The predicted molar refractivity (Wildman–Crippen MR) is 462 cm³/mol. The molecule has 9 heterocycles. The van der Waals surface area contributed by atoms with Crippen LogP contribution in [0.1, 0.15) is 163 Å². The van der Waals surface area contributed by atoms with E-state index in [0.717, 1.165) is 95.2 Å². The maximum absolute atomic E-state index is 13.0. The van der Waals surface area contributed by atoms with Crippen LogP contribution in [0.2, 0.25) is 0 Å². The maximum Gasteiger partial charge on any atom is 0.299 e. The van der Waals surface area contributed by atoms with Gasteiger partial charge in [0.15, 0.2) is 0 Å². The average Bonchev–Trinajstić information content (AvgIpc) is 1.62. The van der Waals surface area contributed by atoms with Crippen LogP contribution in [-0.4, -0.2) is 113 Å². The molecule has 9 N–H and O–H groups in total. The van der Waals surface area contributed by atoms with E-state index in [-0.39, 0.29) is 99.5 Å². The molecule has 0 saturated carbocycles. The molecule has 114 heavy (non-hydrogen) atoms.